The lowest BCUT2D eigenvalue weighted by molar-refractivity contribution is 0.184. The van der Waals surface area contributed by atoms with Crippen LogP contribution in [0.1, 0.15) is 13.3 Å². The van der Waals surface area contributed by atoms with Gasteiger partial charge in [-0.15, -0.1) is 0 Å². The second-order valence-corrected chi connectivity index (χ2v) is 4.44. The molecule has 0 aliphatic carbocycles. The zero-order valence-electron chi connectivity index (χ0n) is 9.03. The summed E-state index contributed by atoms with van der Waals surface area (Å²) in [5, 5.41) is 14.4. The molecule has 1 aromatic rings. The number of halogens is 1. The van der Waals surface area contributed by atoms with E-state index >= 15 is 0 Å². The first-order valence-electron chi connectivity index (χ1n) is 5.06. The van der Waals surface area contributed by atoms with E-state index in [0.29, 0.717) is 13.0 Å². The van der Waals surface area contributed by atoms with E-state index in [-0.39, 0.29) is 6.03 Å². The van der Waals surface area contributed by atoms with E-state index < -0.39 is 6.10 Å². The van der Waals surface area contributed by atoms with Crippen molar-refractivity contribution in [1.29, 1.82) is 0 Å². The maximum Gasteiger partial charge on any atom is 0.319 e. The molecule has 4 nitrogen and oxygen atoms in total. The average Bonchev–Trinajstić information content (AvgIpc) is 2.21. The van der Waals surface area contributed by atoms with Crippen molar-refractivity contribution < 1.29 is 9.90 Å². The molecule has 1 aromatic carbocycles. The Morgan fingerprint density at radius 2 is 2.06 bits per heavy atom. The van der Waals surface area contributed by atoms with Gasteiger partial charge in [0.25, 0.3) is 0 Å². The Hall–Kier alpha value is -1.07. The molecular formula is C11H15BrN2O2. The highest BCUT2D eigenvalue weighted by atomic mass is 79.9. The number of hydrogen-bond donors (Lipinski definition) is 3. The van der Waals surface area contributed by atoms with E-state index in [4.69, 9.17) is 5.11 Å². The van der Waals surface area contributed by atoms with Crippen LogP contribution in [-0.2, 0) is 0 Å². The van der Waals surface area contributed by atoms with Gasteiger partial charge >= 0.3 is 6.03 Å². The topological polar surface area (TPSA) is 61.4 Å². The van der Waals surface area contributed by atoms with E-state index in [1.54, 1.807) is 19.1 Å². The zero-order valence-corrected chi connectivity index (χ0v) is 10.6. The molecule has 2 amide bonds. The minimum absolute atomic E-state index is 0.261. The Morgan fingerprint density at radius 3 is 2.62 bits per heavy atom. The molecule has 0 aliphatic rings. The normalized spacial score (nSPS) is 11.9. The quantitative estimate of drug-likeness (QED) is 0.796. The van der Waals surface area contributed by atoms with Gasteiger partial charge in [-0.3, -0.25) is 0 Å². The molecule has 0 radical (unpaired) electrons. The summed E-state index contributed by atoms with van der Waals surface area (Å²) in [6, 6.07) is 7.05. The number of hydrogen-bond acceptors (Lipinski definition) is 2. The monoisotopic (exact) mass is 286 g/mol. The minimum Gasteiger partial charge on any atom is -0.393 e. The van der Waals surface area contributed by atoms with Crippen LogP contribution in [0.2, 0.25) is 0 Å². The molecule has 1 unspecified atom stereocenters. The second-order valence-electron chi connectivity index (χ2n) is 3.53. The van der Waals surface area contributed by atoms with Crippen LogP contribution in [0, 0.1) is 0 Å². The fraction of sp³-hybridized carbons (Fsp3) is 0.364. The zero-order chi connectivity index (χ0) is 12.0. The van der Waals surface area contributed by atoms with E-state index in [0.717, 1.165) is 10.2 Å². The molecule has 0 saturated heterocycles. The summed E-state index contributed by atoms with van der Waals surface area (Å²) in [5.41, 5.74) is 0.734. The molecule has 0 fully saturated rings. The van der Waals surface area contributed by atoms with Crippen LogP contribution in [0.5, 0.6) is 0 Å². The number of carbonyl (C=O) groups excluding carboxylic acids is 1. The van der Waals surface area contributed by atoms with Crippen molar-refractivity contribution in [2.24, 2.45) is 0 Å². The fourth-order valence-electron chi connectivity index (χ4n) is 1.10. The van der Waals surface area contributed by atoms with Gasteiger partial charge in [0.2, 0.25) is 0 Å². The van der Waals surface area contributed by atoms with Crippen molar-refractivity contribution in [3.63, 3.8) is 0 Å². The molecule has 1 rings (SSSR count). The van der Waals surface area contributed by atoms with Gasteiger partial charge in [-0.2, -0.15) is 0 Å². The van der Waals surface area contributed by atoms with E-state index in [2.05, 4.69) is 26.6 Å². The van der Waals surface area contributed by atoms with Gasteiger partial charge in [0.1, 0.15) is 0 Å². The second kappa shape index (κ2) is 6.50. The number of aliphatic hydroxyl groups is 1. The lowest BCUT2D eigenvalue weighted by Gasteiger charge is -2.08. The van der Waals surface area contributed by atoms with Crippen LogP contribution in [0.4, 0.5) is 10.5 Å². The van der Waals surface area contributed by atoms with Crippen LogP contribution in [0.3, 0.4) is 0 Å². The highest BCUT2D eigenvalue weighted by Gasteiger charge is 2.01. The summed E-state index contributed by atoms with van der Waals surface area (Å²) >= 11 is 3.31. The first-order valence-corrected chi connectivity index (χ1v) is 5.85. The minimum atomic E-state index is -0.395. The Bertz CT molecular complexity index is 338. The number of amides is 2. The van der Waals surface area contributed by atoms with E-state index in [9.17, 15) is 4.79 Å². The van der Waals surface area contributed by atoms with Gasteiger partial charge in [0.05, 0.1) is 6.10 Å². The van der Waals surface area contributed by atoms with Crippen LogP contribution in [0.15, 0.2) is 28.7 Å². The van der Waals surface area contributed by atoms with Crippen LogP contribution >= 0.6 is 15.9 Å². The number of aliphatic hydroxyl groups excluding tert-OH is 1. The van der Waals surface area contributed by atoms with Crippen molar-refractivity contribution in [3.05, 3.63) is 28.7 Å². The number of carbonyl (C=O) groups is 1. The van der Waals surface area contributed by atoms with Crippen molar-refractivity contribution in [1.82, 2.24) is 5.32 Å². The van der Waals surface area contributed by atoms with Crippen LogP contribution in [-0.4, -0.2) is 23.8 Å². The molecule has 88 valence electrons. The highest BCUT2D eigenvalue weighted by Crippen LogP contribution is 2.13. The molecule has 0 saturated carbocycles. The summed E-state index contributed by atoms with van der Waals surface area (Å²) in [5.74, 6) is 0. The lowest BCUT2D eigenvalue weighted by atomic mass is 10.3. The van der Waals surface area contributed by atoms with Gasteiger partial charge < -0.3 is 15.7 Å². The highest BCUT2D eigenvalue weighted by molar-refractivity contribution is 9.10. The largest absolute Gasteiger partial charge is 0.393 e. The van der Waals surface area contributed by atoms with Crippen molar-refractivity contribution in [3.8, 4) is 0 Å². The van der Waals surface area contributed by atoms with Crippen LogP contribution < -0.4 is 10.6 Å². The summed E-state index contributed by atoms with van der Waals surface area (Å²) in [6.07, 6.45) is 0.154. The number of anilines is 1. The summed E-state index contributed by atoms with van der Waals surface area (Å²) in [7, 11) is 0. The predicted molar refractivity (Wildman–Crippen MR) is 67.5 cm³/mol. The number of urea groups is 1. The number of nitrogens with one attached hydrogen (secondary N) is 2. The Balaban J connectivity index is 2.31. The average molecular weight is 287 g/mol. The van der Waals surface area contributed by atoms with E-state index in [1.165, 1.54) is 0 Å². The molecule has 0 heterocycles. The van der Waals surface area contributed by atoms with Crippen molar-refractivity contribution >= 4 is 27.6 Å². The summed E-state index contributed by atoms with van der Waals surface area (Å²) in [6.45, 7) is 2.15. The summed E-state index contributed by atoms with van der Waals surface area (Å²) in [4.78, 5) is 11.4. The third kappa shape index (κ3) is 5.14. The van der Waals surface area contributed by atoms with Crippen molar-refractivity contribution in [2.45, 2.75) is 19.4 Å². The fourth-order valence-corrected chi connectivity index (χ4v) is 1.37. The number of benzene rings is 1. The molecule has 16 heavy (non-hydrogen) atoms. The first-order chi connectivity index (χ1) is 7.58. The Morgan fingerprint density at radius 1 is 1.44 bits per heavy atom. The number of rotatable bonds is 4. The maximum atomic E-state index is 11.4. The molecular weight excluding hydrogens is 272 g/mol. The molecule has 0 bridgehead atoms. The SMILES string of the molecule is CC(O)CCNC(=O)Nc1ccc(Br)cc1. The lowest BCUT2D eigenvalue weighted by Crippen LogP contribution is -2.30. The van der Waals surface area contributed by atoms with E-state index in [1.807, 2.05) is 12.1 Å². The van der Waals surface area contributed by atoms with Crippen LogP contribution in [0.25, 0.3) is 0 Å². The molecule has 0 spiro atoms. The molecule has 5 heteroatoms. The predicted octanol–water partition coefficient (Wildman–Crippen LogP) is 2.34. The van der Waals surface area contributed by atoms with Gasteiger partial charge in [0.15, 0.2) is 0 Å². The van der Waals surface area contributed by atoms with Gasteiger partial charge in [-0.05, 0) is 37.6 Å². The smallest absolute Gasteiger partial charge is 0.319 e. The molecule has 0 aromatic heterocycles. The third-order valence-corrected chi connectivity index (χ3v) is 2.48. The first kappa shape index (κ1) is 13.0. The van der Waals surface area contributed by atoms with Gasteiger partial charge in [-0.25, -0.2) is 4.79 Å². The van der Waals surface area contributed by atoms with Crippen molar-refractivity contribution in [2.75, 3.05) is 11.9 Å². The molecule has 3 N–H and O–H groups in total. The third-order valence-electron chi connectivity index (χ3n) is 1.95. The molecule has 1 atom stereocenters. The van der Waals surface area contributed by atoms with Gasteiger partial charge in [-0.1, -0.05) is 15.9 Å². The standard InChI is InChI=1S/C11H15BrN2O2/c1-8(15)6-7-13-11(16)14-10-4-2-9(12)3-5-10/h2-5,8,15H,6-7H2,1H3,(H2,13,14,16). The van der Waals surface area contributed by atoms with Gasteiger partial charge in [0, 0.05) is 16.7 Å². The molecule has 0 aliphatic heterocycles. The maximum absolute atomic E-state index is 11.4. The Kier molecular flexibility index (Phi) is 5.28. The Labute approximate surface area is 103 Å². The summed E-state index contributed by atoms with van der Waals surface area (Å²) < 4.78 is 0.965.